The first kappa shape index (κ1) is 18.6. The van der Waals surface area contributed by atoms with Crippen molar-refractivity contribution in [2.45, 2.75) is 33.6 Å². The molecule has 3 heterocycles. The van der Waals surface area contributed by atoms with Gasteiger partial charge < -0.3 is 10.2 Å². The Morgan fingerprint density at radius 2 is 2.11 bits per heavy atom. The van der Waals surface area contributed by atoms with Gasteiger partial charge in [0.05, 0.1) is 0 Å². The van der Waals surface area contributed by atoms with Gasteiger partial charge in [-0.05, 0) is 55.9 Å². The number of hydrogen-bond acceptors (Lipinski definition) is 6. The van der Waals surface area contributed by atoms with Crippen LogP contribution >= 0.6 is 11.3 Å². The summed E-state index contributed by atoms with van der Waals surface area (Å²) in [5.41, 5.74) is 2.41. The van der Waals surface area contributed by atoms with Crippen LogP contribution in [0, 0.1) is 19.8 Å². The maximum atomic E-state index is 12.8. The van der Waals surface area contributed by atoms with Crippen LogP contribution < -0.4 is 15.8 Å². The van der Waals surface area contributed by atoms with Crippen LogP contribution in [0.3, 0.4) is 0 Å². The lowest BCUT2D eigenvalue weighted by molar-refractivity contribution is 0.102. The van der Waals surface area contributed by atoms with Crippen LogP contribution in [-0.4, -0.2) is 33.6 Å². The van der Waals surface area contributed by atoms with E-state index in [0.717, 1.165) is 35.8 Å². The number of aromatic nitrogens is 3. The third kappa shape index (κ3) is 3.52. The molecule has 1 fully saturated rings. The summed E-state index contributed by atoms with van der Waals surface area (Å²) < 4.78 is 1.24. The van der Waals surface area contributed by atoms with E-state index in [2.05, 4.69) is 27.2 Å². The second kappa shape index (κ2) is 7.35. The van der Waals surface area contributed by atoms with Crippen LogP contribution in [-0.2, 0) is 0 Å². The number of nitrogens with one attached hydrogen (secondary N) is 1. The van der Waals surface area contributed by atoms with Crippen molar-refractivity contribution in [1.82, 2.24) is 14.6 Å². The first-order valence-electron chi connectivity index (χ1n) is 9.45. The summed E-state index contributed by atoms with van der Waals surface area (Å²) in [6.07, 6.45) is 3.67. The summed E-state index contributed by atoms with van der Waals surface area (Å²) in [4.78, 5) is 32.5. The van der Waals surface area contributed by atoms with Gasteiger partial charge in [0, 0.05) is 25.0 Å². The van der Waals surface area contributed by atoms with Crippen LogP contribution in [0.2, 0.25) is 0 Å². The maximum Gasteiger partial charge on any atom is 0.288 e. The van der Waals surface area contributed by atoms with E-state index < -0.39 is 11.5 Å². The Balaban J connectivity index is 1.62. The minimum Gasteiger partial charge on any atom is -0.346 e. The molecule has 0 aliphatic carbocycles. The first-order valence-corrected chi connectivity index (χ1v) is 10.3. The molecule has 1 amide bonds. The number of hydrogen-bond donors (Lipinski definition) is 1. The molecule has 8 heteroatoms. The molecule has 0 bridgehead atoms. The number of nitrogens with zero attached hydrogens (tertiary/aromatic N) is 4. The highest BCUT2D eigenvalue weighted by atomic mass is 32.1. The van der Waals surface area contributed by atoms with Crippen molar-refractivity contribution in [3.05, 3.63) is 51.4 Å². The minimum atomic E-state index is -0.476. The Kier molecular flexibility index (Phi) is 4.89. The summed E-state index contributed by atoms with van der Waals surface area (Å²) in [6.45, 7) is 8.06. The fraction of sp³-hybridized carbons (Fsp3) is 0.400. The number of benzene rings is 1. The molecule has 0 spiro atoms. The molecule has 1 aromatic carbocycles. The van der Waals surface area contributed by atoms with Crippen LogP contribution in [0.1, 0.15) is 41.3 Å². The molecule has 1 saturated heterocycles. The van der Waals surface area contributed by atoms with Crippen molar-refractivity contribution < 1.29 is 4.79 Å². The third-order valence-electron chi connectivity index (χ3n) is 5.21. The molecular weight excluding hydrogens is 374 g/mol. The molecule has 1 N–H and O–H groups in total. The van der Waals surface area contributed by atoms with Crippen LogP contribution in [0.25, 0.3) is 4.96 Å². The van der Waals surface area contributed by atoms with Gasteiger partial charge in [0.1, 0.15) is 5.56 Å². The lowest BCUT2D eigenvalue weighted by atomic mass is 10.0. The Morgan fingerprint density at radius 1 is 1.29 bits per heavy atom. The van der Waals surface area contributed by atoms with Crippen LogP contribution in [0.4, 0.5) is 10.8 Å². The number of piperidine rings is 1. The van der Waals surface area contributed by atoms with Gasteiger partial charge in [-0.15, -0.1) is 5.10 Å². The van der Waals surface area contributed by atoms with Crippen molar-refractivity contribution in [2.24, 2.45) is 5.92 Å². The Morgan fingerprint density at radius 3 is 2.86 bits per heavy atom. The van der Waals surface area contributed by atoms with Crippen molar-refractivity contribution in [3.63, 3.8) is 0 Å². The maximum absolute atomic E-state index is 12.8. The van der Waals surface area contributed by atoms with Gasteiger partial charge in [-0.1, -0.05) is 24.3 Å². The van der Waals surface area contributed by atoms with Gasteiger partial charge in [0.2, 0.25) is 10.1 Å². The highest BCUT2D eigenvalue weighted by Gasteiger charge is 2.22. The fourth-order valence-electron chi connectivity index (χ4n) is 3.44. The predicted octanol–water partition coefficient (Wildman–Crippen LogP) is 3.26. The Bertz CT molecular complexity index is 1100. The number of anilines is 2. The summed E-state index contributed by atoms with van der Waals surface area (Å²) in [5.74, 6) is 0.126. The molecule has 1 atom stereocenters. The number of carbonyl (C=O) groups excluding carboxylic acids is 1. The second-order valence-electron chi connectivity index (χ2n) is 7.50. The molecule has 28 heavy (non-hydrogen) atoms. The van der Waals surface area contributed by atoms with Crippen LogP contribution in [0.15, 0.2) is 29.2 Å². The number of rotatable bonds is 3. The molecule has 0 radical (unpaired) electrons. The lowest BCUT2D eigenvalue weighted by Crippen LogP contribution is -2.34. The number of fused-ring (bicyclic) bond motifs is 1. The van der Waals surface area contributed by atoms with E-state index in [1.54, 1.807) is 0 Å². The summed E-state index contributed by atoms with van der Waals surface area (Å²) in [6, 6.07) is 5.64. The number of carbonyl (C=O) groups is 1. The highest BCUT2D eigenvalue weighted by molar-refractivity contribution is 7.20. The largest absolute Gasteiger partial charge is 0.346 e. The normalized spacial score (nSPS) is 17.1. The average molecular weight is 398 g/mol. The zero-order valence-electron chi connectivity index (χ0n) is 16.2. The van der Waals surface area contributed by atoms with Gasteiger partial charge >= 0.3 is 0 Å². The van der Waals surface area contributed by atoms with E-state index in [9.17, 15) is 9.59 Å². The molecular formula is C20H23N5O2S. The topological polar surface area (TPSA) is 79.6 Å². The van der Waals surface area contributed by atoms with Gasteiger partial charge in [-0.3, -0.25) is 9.59 Å². The number of aryl methyl sites for hydroxylation is 2. The molecule has 146 valence electrons. The van der Waals surface area contributed by atoms with E-state index in [-0.39, 0.29) is 5.56 Å². The SMILES string of the molecule is Cc1ccc(NC(=O)c2cnc3sc(N4CCC[C@H](C)C4)nn3c2=O)cc1C. The molecule has 3 aromatic rings. The molecule has 4 rings (SSSR count). The molecule has 0 saturated carbocycles. The van der Waals surface area contributed by atoms with E-state index in [1.165, 1.54) is 28.5 Å². The summed E-state index contributed by atoms with van der Waals surface area (Å²) in [5, 5.41) is 8.01. The van der Waals surface area contributed by atoms with Gasteiger partial charge in [0.25, 0.3) is 11.5 Å². The Labute approximate surface area is 167 Å². The monoisotopic (exact) mass is 397 g/mol. The Hall–Kier alpha value is -2.74. The number of amides is 1. The molecule has 2 aromatic heterocycles. The average Bonchev–Trinajstić information content (AvgIpc) is 3.10. The van der Waals surface area contributed by atoms with E-state index in [1.807, 2.05) is 32.0 Å². The standard InChI is InChI=1S/C20H23N5O2S/c1-12-5-4-8-24(11-12)20-23-25-18(27)16(10-21-19(25)28-20)17(26)22-15-7-6-13(2)14(3)9-15/h6-7,9-10,12H,4-5,8,11H2,1-3H3,(H,22,26)/t12-/m0/s1. The molecule has 1 aliphatic heterocycles. The zero-order valence-corrected chi connectivity index (χ0v) is 17.0. The minimum absolute atomic E-state index is 0.0143. The zero-order chi connectivity index (χ0) is 19.8. The second-order valence-corrected chi connectivity index (χ2v) is 8.44. The molecule has 0 unspecified atom stereocenters. The summed E-state index contributed by atoms with van der Waals surface area (Å²) in [7, 11) is 0. The van der Waals surface area contributed by atoms with Gasteiger partial charge in [0.15, 0.2) is 0 Å². The van der Waals surface area contributed by atoms with Crippen molar-refractivity contribution in [3.8, 4) is 0 Å². The highest BCUT2D eigenvalue weighted by Crippen LogP contribution is 2.26. The lowest BCUT2D eigenvalue weighted by Gasteiger charge is -2.30. The van der Waals surface area contributed by atoms with E-state index >= 15 is 0 Å². The van der Waals surface area contributed by atoms with E-state index in [0.29, 0.717) is 16.6 Å². The van der Waals surface area contributed by atoms with Gasteiger partial charge in [-0.25, -0.2) is 4.98 Å². The van der Waals surface area contributed by atoms with Crippen LogP contribution in [0.5, 0.6) is 0 Å². The fourth-order valence-corrected chi connectivity index (χ4v) is 4.34. The third-order valence-corrected chi connectivity index (χ3v) is 6.20. The molecule has 7 nitrogen and oxygen atoms in total. The van der Waals surface area contributed by atoms with Crippen molar-refractivity contribution in [2.75, 3.05) is 23.3 Å². The first-order chi connectivity index (χ1) is 13.4. The quantitative estimate of drug-likeness (QED) is 0.734. The van der Waals surface area contributed by atoms with E-state index in [4.69, 9.17) is 0 Å². The smallest absolute Gasteiger partial charge is 0.288 e. The van der Waals surface area contributed by atoms with Crippen molar-refractivity contribution in [1.29, 1.82) is 0 Å². The molecule has 1 aliphatic rings. The predicted molar refractivity (Wildman–Crippen MR) is 112 cm³/mol. The van der Waals surface area contributed by atoms with Crippen molar-refractivity contribution >= 4 is 33.0 Å². The van der Waals surface area contributed by atoms with Gasteiger partial charge in [-0.2, -0.15) is 4.52 Å². The summed E-state index contributed by atoms with van der Waals surface area (Å²) >= 11 is 1.38.